The first-order valence-electron chi connectivity index (χ1n) is 5.82. The lowest BCUT2D eigenvalue weighted by molar-refractivity contribution is -0.138. The smallest absolute Gasteiger partial charge is 0.246 e. The minimum absolute atomic E-state index is 0.0808. The van der Waals surface area contributed by atoms with E-state index in [0.29, 0.717) is 13.1 Å². The third-order valence-electron chi connectivity index (χ3n) is 2.96. The lowest BCUT2D eigenvalue weighted by Crippen LogP contribution is -2.43. The number of amides is 3. The van der Waals surface area contributed by atoms with Crippen molar-refractivity contribution in [1.29, 1.82) is 0 Å². The van der Waals surface area contributed by atoms with E-state index in [1.165, 1.54) is 4.90 Å². The van der Waals surface area contributed by atoms with Gasteiger partial charge in [0, 0.05) is 20.1 Å². The number of likely N-dealkylation sites (N-methyl/N-ethyl adjacent to an activating group) is 2. The normalized spacial score (nSPS) is 19.9. The van der Waals surface area contributed by atoms with Crippen LogP contribution >= 0.6 is 0 Å². The highest BCUT2D eigenvalue weighted by atomic mass is 16.2. The van der Waals surface area contributed by atoms with Crippen molar-refractivity contribution >= 4 is 17.7 Å². The van der Waals surface area contributed by atoms with Crippen LogP contribution in [0.3, 0.4) is 0 Å². The summed E-state index contributed by atoms with van der Waals surface area (Å²) in [6.07, 6.45) is 0.149. The third-order valence-corrected chi connectivity index (χ3v) is 2.96. The molecule has 0 saturated carbocycles. The minimum Gasteiger partial charge on any atom is -0.345 e. The lowest BCUT2D eigenvalue weighted by atomic mass is 10.2. The molecule has 1 heterocycles. The SMILES string of the molecule is CCN(C)C(=O)CNC1CC(=O)N(CC)C1=O. The van der Waals surface area contributed by atoms with Gasteiger partial charge in [-0.2, -0.15) is 0 Å². The van der Waals surface area contributed by atoms with Crippen LogP contribution in [0, 0.1) is 0 Å². The monoisotopic (exact) mass is 241 g/mol. The summed E-state index contributed by atoms with van der Waals surface area (Å²) in [6, 6.07) is -0.545. The molecule has 1 rings (SSSR count). The molecule has 6 heteroatoms. The maximum absolute atomic E-state index is 11.7. The largest absolute Gasteiger partial charge is 0.345 e. The zero-order valence-corrected chi connectivity index (χ0v) is 10.5. The number of imide groups is 1. The molecule has 0 aromatic rings. The van der Waals surface area contributed by atoms with E-state index in [1.807, 2.05) is 6.92 Å². The maximum atomic E-state index is 11.7. The molecule has 1 fully saturated rings. The molecule has 17 heavy (non-hydrogen) atoms. The quantitative estimate of drug-likeness (QED) is 0.640. The van der Waals surface area contributed by atoms with Crippen molar-refractivity contribution < 1.29 is 14.4 Å². The van der Waals surface area contributed by atoms with Gasteiger partial charge in [0.1, 0.15) is 0 Å². The second kappa shape index (κ2) is 5.77. The molecule has 1 atom stereocenters. The van der Waals surface area contributed by atoms with Crippen molar-refractivity contribution in [2.24, 2.45) is 0 Å². The van der Waals surface area contributed by atoms with Crippen LogP contribution in [0.25, 0.3) is 0 Å². The topological polar surface area (TPSA) is 69.7 Å². The Morgan fingerprint density at radius 3 is 2.59 bits per heavy atom. The molecule has 0 radical (unpaired) electrons. The Labute approximate surface area is 101 Å². The number of likely N-dealkylation sites (tertiary alicyclic amines) is 1. The molecule has 1 aliphatic heterocycles. The number of carbonyl (C=O) groups is 3. The van der Waals surface area contributed by atoms with E-state index in [0.717, 1.165) is 0 Å². The Morgan fingerprint density at radius 1 is 1.47 bits per heavy atom. The molecule has 0 aromatic carbocycles. The summed E-state index contributed by atoms with van der Waals surface area (Å²) in [5, 5.41) is 2.84. The second-order valence-corrected chi connectivity index (χ2v) is 4.02. The van der Waals surface area contributed by atoms with Gasteiger partial charge in [0.15, 0.2) is 0 Å². The van der Waals surface area contributed by atoms with Gasteiger partial charge < -0.3 is 4.90 Å². The summed E-state index contributed by atoms with van der Waals surface area (Å²) in [5.74, 6) is -0.488. The predicted octanol–water partition coefficient (Wildman–Crippen LogP) is -0.798. The number of hydrogen-bond donors (Lipinski definition) is 1. The van der Waals surface area contributed by atoms with E-state index >= 15 is 0 Å². The molecule has 1 aliphatic rings. The van der Waals surface area contributed by atoms with E-state index in [1.54, 1.807) is 18.9 Å². The van der Waals surface area contributed by atoms with E-state index in [-0.39, 0.29) is 30.7 Å². The van der Waals surface area contributed by atoms with Crippen LogP contribution in [-0.2, 0) is 14.4 Å². The van der Waals surface area contributed by atoms with Gasteiger partial charge in [-0.15, -0.1) is 0 Å². The number of rotatable bonds is 5. The van der Waals surface area contributed by atoms with Crippen LogP contribution in [0.15, 0.2) is 0 Å². The predicted molar refractivity (Wildman–Crippen MR) is 62.1 cm³/mol. The first kappa shape index (κ1) is 13.6. The molecule has 96 valence electrons. The molecule has 1 unspecified atom stereocenters. The van der Waals surface area contributed by atoms with Crippen LogP contribution < -0.4 is 5.32 Å². The fraction of sp³-hybridized carbons (Fsp3) is 0.727. The lowest BCUT2D eigenvalue weighted by Gasteiger charge is -2.17. The fourth-order valence-electron chi connectivity index (χ4n) is 1.70. The van der Waals surface area contributed by atoms with Gasteiger partial charge >= 0.3 is 0 Å². The van der Waals surface area contributed by atoms with E-state index in [4.69, 9.17) is 0 Å². The molecule has 0 aromatic heterocycles. The van der Waals surface area contributed by atoms with Crippen molar-refractivity contribution in [2.45, 2.75) is 26.3 Å². The highest BCUT2D eigenvalue weighted by molar-refractivity contribution is 6.05. The molecule has 0 spiro atoms. The number of nitrogens with zero attached hydrogens (tertiary/aromatic N) is 2. The first-order valence-corrected chi connectivity index (χ1v) is 5.82. The van der Waals surface area contributed by atoms with E-state index in [2.05, 4.69) is 5.32 Å². The van der Waals surface area contributed by atoms with E-state index < -0.39 is 6.04 Å². The van der Waals surface area contributed by atoms with Gasteiger partial charge in [0.2, 0.25) is 17.7 Å². The summed E-state index contributed by atoms with van der Waals surface area (Å²) in [5.41, 5.74) is 0. The number of nitrogens with one attached hydrogen (secondary N) is 1. The van der Waals surface area contributed by atoms with E-state index in [9.17, 15) is 14.4 Å². The van der Waals surface area contributed by atoms with Crippen LogP contribution in [0.2, 0.25) is 0 Å². The Balaban J connectivity index is 2.47. The van der Waals surface area contributed by atoms with Gasteiger partial charge in [-0.3, -0.25) is 24.6 Å². The molecular weight excluding hydrogens is 222 g/mol. The molecule has 0 bridgehead atoms. The molecule has 0 aliphatic carbocycles. The van der Waals surface area contributed by atoms with Crippen molar-refractivity contribution in [2.75, 3.05) is 26.7 Å². The summed E-state index contributed by atoms with van der Waals surface area (Å²) < 4.78 is 0. The molecular formula is C11H19N3O3. The molecule has 3 amide bonds. The zero-order valence-electron chi connectivity index (χ0n) is 10.5. The summed E-state index contributed by atoms with van der Waals surface area (Å²) in [7, 11) is 1.70. The van der Waals surface area contributed by atoms with Gasteiger partial charge in [0.05, 0.1) is 19.0 Å². The van der Waals surface area contributed by atoms with Crippen molar-refractivity contribution in [3.05, 3.63) is 0 Å². The van der Waals surface area contributed by atoms with Gasteiger partial charge in [-0.05, 0) is 13.8 Å². The Morgan fingerprint density at radius 2 is 2.12 bits per heavy atom. The highest BCUT2D eigenvalue weighted by Crippen LogP contribution is 2.12. The Hall–Kier alpha value is -1.43. The van der Waals surface area contributed by atoms with Crippen molar-refractivity contribution in [3.8, 4) is 0 Å². The van der Waals surface area contributed by atoms with Crippen molar-refractivity contribution in [3.63, 3.8) is 0 Å². The highest BCUT2D eigenvalue weighted by Gasteiger charge is 2.37. The average Bonchev–Trinajstić information content (AvgIpc) is 2.59. The number of hydrogen-bond acceptors (Lipinski definition) is 4. The van der Waals surface area contributed by atoms with Crippen LogP contribution in [-0.4, -0.2) is 60.2 Å². The van der Waals surface area contributed by atoms with Crippen molar-refractivity contribution in [1.82, 2.24) is 15.1 Å². The summed E-state index contributed by atoms with van der Waals surface area (Å²) >= 11 is 0. The molecule has 1 N–H and O–H groups in total. The van der Waals surface area contributed by atoms with Gasteiger partial charge in [0.25, 0.3) is 0 Å². The van der Waals surface area contributed by atoms with Crippen LogP contribution in [0.4, 0.5) is 0 Å². The maximum Gasteiger partial charge on any atom is 0.246 e. The Bertz CT molecular complexity index is 330. The third kappa shape index (κ3) is 3.03. The van der Waals surface area contributed by atoms with Crippen LogP contribution in [0.1, 0.15) is 20.3 Å². The standard InChI is InChI=1S/C11H19N3O3/c1-4-13(3)10(16)7-12-8-6-9(15)14(5-2)11(8)17/h8,12H,4-7H2,1-3H3. The summed E-state index contributed by atoms with van der Waals surface area (Å²) in [4.78, 5) is 37.4. The second-order valence-electron chi connectivity index (χ2n) is 4.02. The van der Waals surface area contributed by atoms with Gasteiger partial charge in [-0.25, -0.2) is 0 Å². The van der Waals surface area contributed by atoms with Gasteiger partial charge in [-0.1, -0.05) is 0 Å². The zero-order chi connectivity index (χ0) is 13.0. The average molecular weight is 241 g/mol. The summed E-state index contributed by atoms with van der Waals surface area (Å²) in [6.45, 7) is 4.73. The minimum atomic E-state index is -0.545. The number of carbonyl (C=O) groups excluding carboxylic acids is 3. The first-order chi connectivity index (χ1) is 8.01. The Kier molecular flexibility index (Phi) is 4.62. The molecule has 1 saturated heterocycles. The molecule has 6 nitrogen and oxygen atoms in total. The van der Waals surface area contributed by atoms with Crippen LogP contribution in [0.5, 0.6) is 0 Å². The fourth-order valence-corrected chi connectivity index (χ4v) is 1.70.